The zero-order chi connectivity index (χ0) is 32.0. The number of fused-ring (bicyclic) bond motifs is 2. The maximum atomic E-state index is 13.7. The standard InChI is InChI=1S/C36H33F3N4O2/c1-20(2)16-28-31(34(40)44)30(32-33(41-28)36(3,42-35(32)45)19-22-4-8-25(37)9-5-22)24-7-11-29-23(18-24)13-15-43(29)14-12-21-6-10-26(38)27(39)17-21/h4-11,13,15,17-18,20H,12,14,16,19H2,1-3H3,(H2,40,44)(H,42,45)/t36-/m1/s1. The lowest BCUT2D eigenvalue weighted by Crippen LogP contribution is -2.39. The maximum Gasteiger partial charge on any atom is 0.254 e. The van der Waals surface area contributed by atoms with Gasteiger partial charge in [0.2, 0.25) is 0 Å². The Bertz CT molecular complexity index is 1970. The fourth-order valence-corrected chi connectivity index (χ4v) is 6.35. The van der Waals surface area contributed by atoms with E-state index in [9.17, 15) is 22.8 Å². The number of aryl methyl sites for hydroxylation is 2. The normalized spacial score (nSPS) is 15.9. The van der Waals surface area contributed by atoms with E-state index in [4.69, 9.17) is 10.7 Å². The molecule has 0 spiro atoms. The van der Waals surface area contributed by atoms with Crippen molar-refractivity contribution in [2.24, 2.45) is 11.7 Å². The largest absolute Gasteiger partial charge is 0.366 e. The maximum absolute atomic E-state index is 13.7. The number of hydrogen-bond acceptors (Lipinski definition) is 3. The Hall–Kier alpha value is -4.92. The Labute approximate surface area is 259 Å². The van der Waals surface area contributed by atoms with E-state index in [2.05, 4.69) is 5.32 Å². The number of carbonyl (C=O) groups excluding carboxylic acids is 2. The van der Waals surface area contributed by atoms with Crippen LogP contribution in [-0.2, 0) is 31.3 Å². The van der Waals surface area contributed by atoms with Gasteiger partial charge in [0.05, 0.1) is 28.1 Å². The van der Waals surface area contributed by atoms with Crippen LogP contribution < -0.4 is 11.1 Å². The summed E-state index contributed by atoms with van der Waals surface area (Å²) in [5.41, 5.74) is 10.2. The molecule has 2 amide bonds. The molecule has 1 aliphatic heterocycles. The molecule has 1 atom stereocenters. The fourth-order valence-electron chi connectivity index (χ4n) is 6.35. The molecular formula is C36H33F3N4O2. The van der Waals surface area contributed by atoms with Gasteiger partial charge in [0.25, 0.3) is 11.8 Å². The number of nitrogens with two attached hydrogens (primary N) is 1. The van der Waals surface area contributed by atoms with Crippen molar-refractivity contribution < 1.29 is 22.8 Å². The molecule has 2 aromatic heterocycles. The first-order chi connectivity index (χ1) is 21.4. The number of halogens is 3. The van der Waals surface area contributed by atoms with E-state index in [1.165, 1.54) is 18.2 Å². The van der Waals surface area contributed by atoms with Crippen LogP contribution in [0.4, 0.5) is 13.2 Å². The Morgan fingerprint density at radius 3 is 2.38 bits per heavy atom. The third kappa shape index (κ3) is 5.70. The predicted octanol–water partition coefficient (Wildman–Crippen LogP) is 6.86. The molecule has 0 aliphatic carbocycles. The van der Waals surface area contributed by atoms with Gasteiger partial charge < -0.3 is 15.6 Å². The average Bonchev–Trinajstić information content (AvgIpc) is 3.50. The van der Waals surface area contributed by atoms with Crippen LogP contribution in [0.1, 0.15) is 64.0 Å². The summed E-state index contributed by atoms with van der Waals surface area (Å²) < 4.78 is 42.8. The predicted molar refractivity (Wildman–Crippen MR) is 167 cm³/mol. The monoisotopic (exact) mass is 610 g/mol. The van der Waals surface area contributed by atoms with Gasteiger partial charge in [0, 0.05) is 35.6 Å². The Balaban J connectivity index is 1.45. The van der Waals surface area contributed by atoms with E-state index >= 15 is 0 Å². The van der Waals surface area contributed by atoms with Crippen LogP contribution in [0.15, 0.2) is 72.9 Å². The van der Waals surface area contributed by atoms with E-state index in [-0.39, 0.29) is 23.2 Å². The van der Waals surface area contributed by atoms with E-state index < -0.39 is 23.1 Å². The van der Waals surface area contributed by atoms with Gasteiger partial charge >= 0.3 is 0 Å². The lowest BCUT2D eigenvalue weighted by Gasteiger charge is -2.26. The SMILES string of the molecule is CC(C)Cc1nc2c(c(-c3ccc4c(ccn4CCc4ccc(F)c(F)c4)c3)c1C(N)=O)C(=O)N[C@]2(C)Cc1ccc(F)cc1. The number of rotatable bonds is 9. The minimum Gasteiger partial charge on any atom is -0.366 e. The fraction of sp³-hybridized carbons (Fsp3) is 0.250. The quantitative estimate of drug-likeness (QED) is 0.191. The second kappa shape index (κ2) is 11.5. The number of nitrogens with zero attached hydrogens (tertiary/aromatic N) is 2. The highest BCUT2D eigenvalue weighted by Crippen LogP contribution is 2.42. The van der Waals surface area contributed by atoms with Gasteiger partial charge in [0.1, 0.15) is 5.82 Å². The van der Waals surface area contributed by atoms with Crippen molar-refractivity contribution >= 4 is 22.7 Å². The molecule has 3 heterocycles. The van der Waals surface area contributed by atoms with Gasteiger partial charge in [-0.05, 0) is 84.8 Å². The Morgan fingerprint density at radius 1 is 0.956 bits per heavy atom. The van der Waals surface area contributed by atoms with E-state index in [1.807, 2.05) is 55.8 Å². The summed E-state index contributed by atoms with van der Waals surface area (Å²) in [5, 5.41) is 3.97. The van der Waals surface area contributed by atoms with Crippen molar-refractivity contribution in [3.05, 3.63) is 124 Å². The van der Waals surface area contributed by atoms with Gasteiger partial charge in [-0.25, -0.2) is 13.2 Å². The molecular weight excluding hydrogens is 577 g/mol. The van der Waals surface area contributed by atoms with Crippen LogP contribution in [0, 0.1) is 23.4 Å². The molecule has 0 saturated heterocycles. The highest BCUT2D eigenvalue weighted by molar-refractivity contribution is 6.12. The van der Waals surface area contributed by atoms with Crippen molar-refractivity contribution in [2.45, 2.75) is 52.1 Å². The van der Waals surface area contributed by atoms with Crippen LogP contribution in [-0.4, -0.2) is 21.4 Å². The zero-order valence-corrected chi connectivity index (χ0v) is 25.3. The highest BCUT2D eigenvalue weighted by Gasteiger charge is 2.44. The van der Waals surface area contributed by atoms with Gasteiger partial charge in [-0.3, -0.25) is 14.6 Å². The van der Waals surface area contributed by atoms with Gasteiger partial charge in [0.15, 0.2) is 11.6 Å². The lowest BCUT2D eigenvalue weighted by atomic mass is 9.84. The molecule has 0 unspecified atom stereocenters. The molecule has 0 saturated carbocycles. The highest BCUT2D eigenvalue weighted by atomic mass is 19.2. The van der Waals surface area contributed by atoms with Crippen LogP contribution in [0.3, 0.4) is 0 Å². The van der Waals surface area contributed by atoms with Gasteiger partial charge in [-0.2, -0.15) is 0 Å². The minimum atomic E-state index is -0.909. The third-order valence-electron chi connectivity index (χ3n) is 8.42. The number of carbonyl (C=O) groups is 2. The zero-order valence-electron chi connectivity index (χ0n) is 25.3. The summed E-state index contributed by atoms with van der Waals surface area (Å²) in [7, 11) is 0. The molecule has 6 nitrogen and oxygen atoms in total. The molecule has 3 N–H and O–H groups in total. The summed E-state index contributed by atoms with van der Waals surface area (Å²) in [4.78, 5) is 31.8. The molecule has 6 rings (SSSR count). The number of amides is 2. The molecule has 0 radical (unpaired) electrons. The van der Waals surface area contributed by atoms with Gasteiger partial charge in [-0.15, -0.1) is 0 Å². The van der Waals surface area contributed by atoms with Crippen molar-refractivity contribution in [3.8, 4) is 11.1 Å². The number of hydrogen-bond donors (Lipinski definition) is 2. The van der Waals surface area contributed by atoms with Crippen LogP contribution in [0.5, 0.6) is 0 Å². The number of pyridine rings is 1. The second-order valence-electron chi connectivity index (χ2n) is 12.4. The third-order valence-corrected chi connectivity index (χ3v) is 8.42. The van der Waals surface area contributed by atoms with Crippen LogP contribution in [0.25, 0.3) is 22.0 Å². The van der Waals surface area contributed by atoms with E-state index in [0.717, 1.165) is 22.5 Å². The summed E-state index contributed by atoms with van der Waals surface area (Å²) in [6.07, 6.45) is 3.26. The molecule has 5 aromatic rings. The van der Waals surface area contributed by atoms with E-state index in [0.29, 0.717) is 59.4 Å². The number of benzene rings is 3. The molecule has 230 valence electrons. The molecule has 0 bridgehead atoms. The summed E-state index contributed by atoms with van der Waals surface area (Å²) >= 11 is 0. The van der Waals surface area contributed by atoms with E-state index in [1.54, 1.807) is 18.2 Å². The Morgan fingerprint density at radius 2 is 1.69 bits per heavy atom. The number of nitrogens with one attached hydrogen (secondary N) is 1. The van der Waals surface area contributed by atoms with Crippen molar-refractivity contribution in [1.82, 2.24) is 14.9 Å². The first kappa shape index (κ1) is 30.1. The topological polar surface area (TPSA) is 90.0 Å². The van der Waals surface area contributed by atoms with Crippen LogP contribution in [0.2, 0.25) is 0 Å². The van der Waals surface area contributed by atoms with Crippen molar-refractivity contribution in [3.63, 3.8) is 0 Å². The minimum absolute atomic E-state index is 0.154. The first-order valence-corrected chi connectivity index (χ1v) is 14.9. The van der Waals surface area contributed by atoms with Gasteiger partial charge in [-0.1, -0.05) is 38.1 Å². The molecule has 9 heteroatoms. The smallest absolute Gasteiger partial charge is 0.254 e. The Kier molecular flexibility index (Phi) is 7.72. The van der Waals surface area contributed by atoms with Crippen LogP contribution >= 0.6 is 0 Å². The molecule has 0 fully saturated rings. The molecule has 3 aromatic carbocycles. The average molecular weight is 611 g/mol. The number of primary amides is 1. The second-order valence-corrected chi connectivity index (χ2v) is 12.4. The summed E-state index contributed by atoms with van der Waals surface area (Å²) in [5.74, 6) is -2.98. The molecule has 45 heavy (non-hydrogen) atoms. The van der Waals surface area contributed by atoms with Crippen molar-refractivity contribution in [1.29, 1.82) is 0 Å². The molecule has 1 aliphatic rings. The van der Waals surface area contributed by atoms with Crippen molar-refractivity contribution in [2.75, 3.05) is 0 Å². The summed E-state index contributed by atoms with van der Waals surface area (Å²) in [6, 6.07) is 17.7. The summed E-state index contributed by atoms with van der Waals surface area (Å²) in [6.45, 7) is 6.47. The first-order valence-electron chi connectivity index (χ1n) is 14.9. The lowest BCUT2D eigenvalue weighted by molar-refractivity contribution is 0.0935. The number of aromatic nitrogens is 2.